The lowest BCUT2D eigenvalue weighted by Gasteiger charge is -2.06. The molecule has 2 nitrogen and oxygen atoms in total. The summed E-state index contributed by atoms with van der Waals surface area (Å²) in [5.41, 5.74) is 6.49. The summed E-state index contributed by atoms with van der Waals surface area (Å²) < 4.78 is 5.70. The van der Waals surface area contributed by atoms with Gasteiger partial charge in [0.1, 0.15) is 5.75 Å². The molecule has 2 rings (SSSR count). The van der Waals surface area contributed by atoms with Gasteiger partial charge in [0.2, 0.25) is 0 Å². The first kappa shape index (κ1) is 23.6. The highest BCUT2D eigenvalue weighted by atomic mass is 32.1. The maximum Gasteiger partial charge on any atom is 0.121 e. The van der Waals surface area contributed by atoms with E-state index < -0.39 is 0 Å². The van der Waals surface area contributed by atoms with E-state index in [1.54, 1.807) is 11.3 Å². The highest BCUT2D eigenvalue weighted by molar-refractivity contribution is 7.07. The van der Waals surface area contributed by atoms with Gasteiger partial charge in [-0.25, -0.2) is 0 Å². The van der Waals surface area contributed by atoms with Crippen molar-refractivity contribution < 1.29 is 4.74 Å². The molecular weight excluding hydrogens is 350 g/mol. The molecule has 3 heteroatoms. The fraction of sp³-hybridized carbons (Fsp3) is 0.583. The number of ether oxygens (including phenoxy) is 1. The molecule has 0 amide bonds. The second-order valence-corrected chi connectivity index (χ2v) is 7.92. The van der Waals surface area contributed by atoms with E-state index in [0.717, 1.165) is 24.5 Å². The number of unbranched alkanes of at least 4 members (excludes halogenated alkanes) is 11. The Bertz CT molecular complexity index is 510. The first-order valence-corrected chi connectivity index (χ1v) is 11.7. The predicted molar refractivity (Wildman–Crippen MR) is 122 cm³/mol. The van der Waals surface area contributed by atoms with Gasteiger partial charge in [-0.3, -0.25) is 0 Å². The van der Waals surface area contributed by atoms with Crippen LogP contribution in [-0.4, -0.2) is 6.61 Å². The largest absolute Gasteiger partial charge is 0.494 e. The summed E-state index contributed by atoms with van der Waals surface area (Å²) in [6, 6.07) is 11.7. The minimum atomic E-state index is 0.771. The molecule has 0 aliphatic rings. The fourth-order valence-corrected chi connectivity index (χ4v) is 3.42. The van der Waals surface area contributed by atoms with Gasteiger partial charge in [-0.05, 0) is 29.3 Å². The Labute approximate surface area is 171 Å². The maximum absolute atomic E-state index is 5.72. The second kappa shape index (κ2) is 17.9. The van der Waals surface area contributed by atoms with E-state index in [-0.39, 0.29) is 0 Å². The van der Waals surface area contributed by atoms with Gasteiger partial charge in [0.05, 0.1) is 6.61 Å². The smallest absolute Gasteiger partial charge is 0.121 e. The Morgan fingerprint density at radius 1 is 0.741 bits per heavy atom. The molecule has 152 valence electrons. The zero-order valence-corrected chi connectivity index (χ0v) is 18.0. The molecule has 0 saturated carbocycles. The van der Waals surface area contributed by atoms with E-state index in [9.17, 15) is 0 Å². The van der Waals surface area contributed by atoms with Crippen molar-refractivity contribution in [1.29, 1.82) is 0 Å². The van der Waals surface area contributed by atoms with Crippen molar-refractivity contribution >= 4 is 17.0 Å². The lowest BCUT2D eigenvalue weighted by Crippen LogP contribution is -1.97. The Kier molecular flexibility index (Phi) is 15.6. The minimum absolute atomic E-state index is 0.771. The molecule has 0 saturated heterocycles. The molecule has 1 aromatic carbocycles. The summed E-state index contributed by atoms with van der Waals surface area (Å²) in [6.07, 6.45) is 16.5. The zero-order chi connectivity index (χ0) is 19.4. The maximum atomic E-state index is 5.72. The monoisotopic (exact) mass is 389 g/mol. The van der Waals surface area contributed by atoms with Gasteiger partial charge in [-0.2, -0.15) is 11.3 Å². The quantitative estimate of drug-likeness (QED) is 0.262. The van der Waals surface area contributed by atoms with Crippen molar-refractivity contribution in [2.75, 3.05) is 12.3 Å². The van der Waals surface area contributed by atoms with Gasteiger partial charge in [-0.15, -0.1) is 0 Å². The van der Waals surface area contributed by atoms with Crippen LogP contribution in [0.3, 0.4) is 0 Å². The number of anilines is 1. The highest BCUT2D eigenvalue weighted by Gasteiger charge is 1.96. The van der Waals surface area contributed by atoms with Gasteiger partial charge in [-0.1, -0.05) is 95.8 Å². The van der Waals surface area contributed by atoms with Gasteiger partial charge in [0, 0.05) is 11.8 Å². The molecule has 0 atom stereocenters. The summed E-state index contributed by atoms with van der Waals surface area (Å²) in [5.74, 6) is 0.892. The number of hydrogen-bond acceptors (Lipinski definition) is 3. The Morgan fingerprint density at radius 3 is 1.78 bits per heavy atom. The molecule has 0 fully saturated rings. The summed E-state index contributed by atoms with van der Waals surface area (Å²) in [6.45, 7) is 3.08. The van der Waals surface area contributed by atoms with E-state index in [1.165, 1.54) is 70.6 Å². The standard InChI is InChI=1S/C20H35NO.C4H4S/c1-2-3-4-5-6-7-8-9-10-11-12-13-17-22-20-16-14-15-19(21)18-20;1-2-4-5-3-1/h14-16,18H,2-13,17,21H2,1H3;1-4H. The number of nitrogen functional groups attached to an aromatic ring is 1. The van der Waals surface area contributed by atoms with Crippen LogP contribution in [0.1, 0.15) is 84.0 Å². The Hall–Kier alpha value is -1.48. The van der Waals surface area contributed by atoms with Crippen LogP contribution in [0, 0.1) is 0 Å². The van der Waals surface area contributed by atoms with Crippen LogP contribution in [0.4, 0.5) is 5.69 Å². The number of hydrogen-bond donors (Lipinski definition) is 1. The number of benzene rings is 1. The summed E-state index contributed by atoms with van der Waals surface area (Å²) in [4.78, 5) is 0. The third-order valence-electron chi connectivity index (χ3n) is 4.55. The third kappa shape index (κ3) is 15.3. The van der Waals surface area contributed by atoms with Crippen LogP contribution in [0.25, 0.3) is 0 Å². The lowest BCUT2D eigenvalue weighted by molar-refractivity contribution is 0.304. The Balaban J connectivity index is 0.000000625. The number of thiophene rings is 1. The van der Waals surface area contributed by atoms with Gasteiger partial charge in [0.25, 0.3) is 0 Å². The van der Waals surface area contributed by atoms with E-state index in [1.807, 2.05) is 47.2 Å². The van der Waals surface area contributed by atoms with Crippen molar-refractivity contribution in [3.05, 3.63) is 47.2 Å². The molecule has 2 aromatic rings. The van der Waals surface area contributed by atoms with Crippen molar-refractivity contribution in [2.24, 2.45) is 0 Å². The molecule has 1 aromatic heterocycles. The number of rotatable bonds is 14. The molecule has 0 aliphatic heterocycles. The van der Waals surface area contributed by atoms with E-state index >= 15 is 0 Å². The van der Waals surface area contributed by atoms with Crippen molar-refractivity contribution in [3.8, 4) is 5.75 Å². The molecule has 0 bridgehead atoms. The van der Waals surface area contributed by atoms with Gasteiger partial charge in [0.15, 0.2) is 0 Å². The minimum Gasteiger partial charge on any atom is -0.494 e. The summed E-state index contributed by atoms with van der Waals surface area (Å²) in [7, 11) is 0. The van der Waals surface area contributed by atoms with Crippen LogP contribution < -0.4 is 10.5 Å². The molecule has 0 aliphatic carbocycles. The predicted octanol–water partition coefficient (Wildman–Crippen LogP) is 8.10. The van der Waals surface area contributed by atoms with Crippen LogP contribution in [-0.2, 0) is 0 Å². The molecule has 2 N–H and O–H groups in total. The number of nitrogens with two attached hydrogens (primary N) is 1. The zero-order valence-electron chi connectivity index (χ0n) is 17.2. The van der Waals surface area contributed by atoms with Crippen molar-refractivity contribution in [3.63, 3.8) is 0 Å². The average molecular weight is 390 g/mol. The van der Waals surface area contributed by atoms with Gasteiger partial charge < -0.3 is 10.5 Å². The van der Waals surface area contributed by atoms with Crippen molar-refractivity contribution in [2.45, 2.75) is 84.0 Å². The van der Waals surface area contributed by atoms with E-state index in [4.69, 9.17) is 10.5 Å². The fourth-order valence-electron chi connectivity index (χ4n) is 2.96. The second-order valence-electron chi connectivity index (χ2n) is 7.10. The topological polar surface area (TPSA) is 35.2 Å². The Morgan fingerprint density at radius 2 is 1.30 bits per heavy atom. The molecular formula is C24H39NOS. The van der Waals surface area contributed by atoms with E-state index in [2.05, 4.69) is 6.92 Å². The molecule has 0 spiro atoms. The van der Waals surface area contributed by atoms with Crippen LogP contribution in [0.5, 0.6) is 5.75 Å². The van der Waals surface area contributed by atoms with E-state index in [0.29, 0.717) is 0 Å². The molecule has 0 unspecified atom stereocenters. The lowest BCUT2D eigenvalue weighted by atomic mass is 10.1. The first-order valence-electron chi connectivity index (χ1n) is 10.8. The SMILES string of the molecule is CCCCCCCCCCCCCCOc1cccc(N)c1.c1ccsc1. The average Bonchev–Trinajstić information content (AvgIpc) is 3.26. The van der Waals surface area contributed by atoms with Gasteiger partial charge >= 0.3 is 0 Å². The highest BCUT2D eigenvalue weighted by Crippen LogP contribution is 2.15. The van der Waals surface area contributed by atoms with Crippen molar-refractivity contribution in [1.82, 2.24) is 0 Å². The molecule has 1 heterocycles. The molecule has 0 radical (unpaired) electrons. The normalized spacial score (nSPS) is 10.3. The van der Waals surface area contributed by atoms with Crippen LogP contribution in [0.2, 0.25) is 0 Å². The summed E-state index contributed by atoms with van der Waals surface area (Å²) >= 11 is 1.71. The van der Waals surface area contributed by atoms with Crippen LogP contribution >= 0.6 is 11.3 Å². The summed E-state index contributed by atoms with van der Waals surface area (Å²) in [5, 5.41) is 4.08. The first-order chi connectivity index (χ1) is 13.3. The molecule has 27 heavy (non-hydrogen) atoms. The third-order valence-corrected chi connectivity index (χ3v) is 5.18. The van der Waals surface area contributed by atoms with Crippen LogP contribution in [0.15, 0.2) is 47.2 Å².